The van der Waals surface area contributed by atoms with Gasteiger partial charge in [0.2, 0.25) is 0 Å². The van der Waals surface area contributed by atoms with E-state index in [1.165, 1.54) is 18.3 Å². The van der Waals surface area contributed by atoms with Crippen molar-refractivity contribution in [3.8, 4) is 11.5 Å². The molecule has 0 fully saturated rings. The monoisotopic (exact) mass is 284 g/mol. The lowest BCUT2D eigenvalue weighted by atomic mass is 10.2. The van der Waals surface area contributed by atoms with E-state index in [0.29, 0.717) is 17.9 Å². The van der Waals surface area contributed by atoms with Crippen LogP contribution in [0.2, 0.25) is 0 Å². The Kier molecular flexibility index (Phi) is 4.93. The number of benzene rings is 2. The summed E-state index contributed by atoms with van der Waals surface area (Å²) in [4.78, 5) is 11.8. The summed E-state index contributed by atoms with van der Waals surface area (Å²) in [6, 6.07) is 13.5. The number of hydrogen-bond acceptors (Lipinski definition) is 4. The molecule has 21 heavy (non-hydrogen) atoms. The Morgan fingerprint density at radius 3 is 2.86 bits per heavy atom. The third kappa shape index (κ3) is 4.07. The first-order chi connectivity index (χ1) is 10.2. The van der Waals surface area contributed by atoms with E-state index < -0.39 is 5.91 Å². The number of carbonyl (C=O) groups is 1. The van der Waals surface area contributed by atoms with E-state index in [-0.39, 0.29) is 5.75 Å². The molecule has 2 aromatic rings. The van der Waals surface area contributed by atoms with Crippen LogP contribution in [0.15, 0.2) is 53.6 Å². The molecule has 0 saturated heterocycles. The number of phenols is 1. The van der Waals surface area contributed by atoms with Crippen LogP contribution in [0, 0.1) is 0 Å². The van der Waals surface area contributed by atoms with Crippen LogP contribution < -0.4 is 10.2 Å². The predicted octanol–water partition coefficient (Wildman–Crippen LogP) is 2.55. The Morgan fingerprint density at radius 2 is 2.10 bits per heavy atom. The summed E-state index contributed by atoms with van der Waals surface area (Å²) < 4.78 is 5.46. The number of hydrazone groups is 1. The Hall–Kier alpha value is -2.82. The second kappa shape index (κ2) is 7.09. The molecule has 5 heteroatoms. The van der Waals surface area contributed by atoms with Crippen molar-refractivity contribution >= 4 is 12.1 Å². The molecule has 0 aromatic heterocycles. The van der Waals surface area contributed by atoms with Crippen molar-refractivity contribution in [3.63, 3.8) is 0 Å². The van der Waals surface area contributed by atoms with Gasteiger partial charge < -0.3 is 9.84 Å². The summed E-state index contributed by atoms with van der Waals surface area (Å²) >= 11 is 0. The zero-order chi connectivity index (χ0) is 15.1. The largest absolute Gasteiger partial charge is 0.508 e. The summed E-state index contributed by atoms with van der Waals surface area (Å²) in [5, 5.41) is 13.2. The first-order valence-corrected chi connectivity index (χ1v) is 6.55. The van der Waals surface area contributed by atoms with Gasteiger partial charge in [-0.3, -0.25) is 4.79 Å². The van der Waals surface area contributed by atoms with E-state index in [0.717, 1.165) is 5.56 Å². The molecular weight excluding hydrogens is 268 g/mol. The fraction of sp³-hybridized carbons (Fsp3) is 0.125. The maximum atomic E-state index is 11.8. The van der Waals surface area contributed by atoms with Crippen molar-refractivity contribution < 1.29 is 14.6 Å². The van der Waals surface area contributed by atoms with Crippen LogP contribution in [-0.4, -0.2) is 23.8 Å². The molecule has 2 rings (SSSR count). The lowest BCUT2D eigenvalue weighted by Crippen LogP contribution is -2.17. The lowest BCUT2D eigenvalue weighted by molar-refractivity contribution is 0.0954. The fourth-order valence-corrected chi connectivity index (χ4v) is 1.75. The van der Waals surface area contributed by atoms with Crippen LogP contribution in [0.4, 0.5) is 0 Å². The number of para-hydroxylation sites is 1. The smallest absolute Gasteiger partial charge is 0.271 e. The van der Waals surface area contributed by atoms with Gasteiger partial charge >= 0.3 is 0 Å². The Balaban J connectivity index is 2.04. The minimum atomic E-state index is -0.393. The molecule has 1 amide bonds. The van der Waals surface area contributed by atoms with E-state index >= 15 is 0 Å². The second-order valence-corrected chi connectivity index (χ2v) is 4.22. The van der Waals surface area contributed by atoms with Gasteiger partial charge in [-0.2, -0.15) is 5.10 Å². The maximum Gasteiger partial charge on any atom is 0.271 e. The summed E-state index contributed by atoms with van der Waals surface area (Å²) in [7, 11) is 0. The van der Waals surface area contributed by atoms with Gasteiger partial charge in [0.25, 0.3) is 5.91 Å². The van der Waals surface area contributed by atoms with Crippen molar-refractivity contribution in [2.45, 2.75) is 6.92 Å². The second-order valence-electron chi connectivity index (χ2n) is 4.22. The zero-order valence-electron chi connectivity index (χ0n) is 11.6. The number of amides is 1. The number of carbonyl (C=O) groups excluding carboxylic acids is 1. The summed E-state index contributed by atoms with van der Waals surface area (Å²) in [5.41, 5.74) is 3.52. The summed E-state index contributed by atoms with van der Waals surface area (Å²) in [6.07, 6.45) is 1.52. The SMILES string of the molecule is CCOc1ccccc1/C=N/NC(=O)c1cccc(O)c1. The van der Waals surface area contributed by atoms with Crippen LogP contribution in [0.1, 0.15) is 22.8 Å². The molecule has 0 unspecified atom stereocenters. The molecule has 0 aliphatic carbocycles. The molecule has 0 atom stereocenters. The van der Waals surface area contributed by atoms with Gasteiger partial charge in [-0.15, -0.1) is 0 Å². The summed E-state index contributed by atoms with van der Waals surface area (Å²) in [6.45, 7) is 2.46. The molecule has 0 saturated carbocycles. The molecule has 2 N–H and O–H groups in total. The number of aromatic hydroxyl groups is 1. The molecule has 2 aromatic carbocycles. The standard InChI is InChI=1S/C16H16N2O3/c1-2-21-15-9-4-3-6-13(15)11-17-18-16(20)12-7-5-8-14(19)10-12/h3-11,19H,2H2,1H3,(H,18,20)/b17-11+. The first-order valence-electron chi connectivity index (χ1n) is 6.55. The highest BCUT2D eigenvalue weighted by Gasteiger charge is 2.04. The Labute approximate surface area is 122 Å². The molecule has 0 spiro atoms. The number of hydrogen-bond donors (Lipinski definition) is 2. The zero-order valence-corrected chi connectivity index (χ0v) is 11.6. The summed E-state index contributed by atoms with van der Waals surface area (Å²) in [5.74, 6) is 0.347. The van der Waals surface area contributed by atoms with E-state index in [4.69, 9.17) is 4.74 Å². The number of rotatable bonds is 5. The fourth-order valence-electron chi connectivity index (χ4n) is 1.75. The molecule has 0 aliphatic heterocycles. The minimum Gasteiger partial charge on any atom is -0.508 e. The quantitative estimate of drug-likeness (QED) is 0.654. The molecule has 0 heterocycles. The third-order valence-corrected chi connectivity index (χ3v) is 2.70. The highest BCUT2D eigenvalue weighted by atomic mass is 16.5. The van der Waals surface area contributed by atoms with Crippen LogP contribution in [0.3, 0.4) is 0 Å². The van der Waals surface area contributed by atoms with Gasteiger partial charge in [0, 0.05) is 11.1 Å². The first kappa shape index (κ1) is 14.6. The molecule has 0 bridgehead atoms. The number of ether oxygens (including phenoxy) is 1. The molecule has 108 valence electrons. The van der Waals surface area contributed by atoms with E-state index in [1.54, 1.807) is 12.1 Å². The van der Waals surface area contributed by atoms with E-state index in [9.17, 15) is 9.90 Å². The van der Waals surface area contributed by atoms with Crippen LogP contribution in [0.25, 0.3) is 0 Å². The number of nitrogens with one attached hydrogen (secondary N) is 1. The van der Waals surface area contributed by atoms with Crippen molar-refractivity contribution in [2.75, 3.05) is 6.61 Å². The van der Waals surface area contributed by atoms with Crippen molar-refractivity contribution in [2.24, 2.45) is 5.10 Å². The van der Waals surface area contributed by atoms with Gasteiger partial charge in [0.05, 0.1) is 12.8 Å². The highest BCUT2D eigenvalue weighted by molar-refractivity contribution is 5.95. The average Bonchev–Trinajstić information content (AvgIpc) is 2.49. The van der Waals surface area contributed by atoms with Crippen LogP contribution >= 0.6 is 0 Å². The maximum absolute atomic E-state index is 11.8. The molecule has 0 radical (unpaired) electrons. The van der Waals surface area contributed by atoms with Crippen molar-refractivity contribution in [1.29, 1.82) is 0 Å². The highest BCUT2D eigenvalue weighted by Crippen LogP contribution is 2.15. The molecule has 0 aliphatic rings. The normalized spacial score (nSPS) is 10.5. The third-order valence-electron chi connectivity index (χ3n) is 2.70. The minimum absolute atomic E-state index is 0.0355. The van der Waals surface area contributed by atoms with E-state index in [1.807, 2.05) is 31.2 Å². The van der Waals surface area contributed by atoms with Gasteiger partial charge in [-0.05, 0) is 37.3 Å². The van der Waals surface area contributed by atoms with Gasteiger partial charge in [-0.25, -0.2) is 5.43 Å². The Bertz CT molecular complexity index is 653. The van der Waals surface area contributed by atoms with Crippen LogP contribution in [0.5, 0.6) is 11.5 Å². The predicted molar refractivity (Wildman–Crippen MR) is 80.8 cm³/mol. The van der Waals surface area contributed by atoms with Crippen LogP contribution in [-0.2, 0) is 0 Å². The topological polar surface area (TPSA) is 70.9 Å². The Morgan fingerprint density at radius 1 is 1.29 bits per heavy atom. The van der Waals surface area contributed by atoms with Crippen molar-refractivity contribution in [3.05, 3.63) is 59.7 Å². The molecule has 5 nitrogen and oxygen atoms in total. The van der Waals surface area contributed by atoms with E-state index in [2.05, 4.69) is 10.5 Å². The average molecular weight is 284 g/mol. The van der Waals surface area contributed by atoms with Gasteiger partial charge in [-0.1, -0.05) is 18.2 Å². The van der Waals surface area contributed by atoms with Gasteiger partial charge in [0.1, 0.15) is 11.5 Å². The van der Waals surface area contributed by atoms with Gasteiger partial charge in [0.15, 0.2) is 0 Å². The molecular formula is C16H16N2O3. The van der Waals surface area contributed by atoms with Crippen molar-refractivity contribution in [1.82, 2.24) is 5.43 Å². The number of phenolic OH excluding ortho intramolecular Hbond substituents is 1. The number of nitrogens with zero attached hydrogens (tertiary/aromatic N) is 1. The lowest BCUT2D eigenvalue weighted by Gasteiger charge is -2.05.